The van der Waals surface area contributed by atoms with E-state index < -0.39 is 12.1 Å². The van der Waals surface area contributed by atoms with Crippen LogP contribution < -0.4 is 0 Å². The number of hydrogen-bond donors (Lipinski definition) is 1. The standard InChI is InChI=1S/C18H32O3/c1-16(2)14-12-10-8-6-4-5-7-9-11-13-15-17(21-3)18(19)20/h4,6,9,11,16-17H,5,7-8,10,12-15H2,1-3H3,(H,19,20)/b6-4-,11-9-. The molecule has 3 nitrogen and oxygen atoms in total. The van der Waals surface area contributed by atoms with Crippen LogP contribution in [0.5, 0.6) is 0 Å². The summed E-state index contributed by atoms with van der Waals surface area (Å²) >= 11 is 0. The molecule has 1 unspecified atom stereocenters. The van der Waals surface area contributed by atoms with Crippen molar-refractivity contribution in [1.29, 1.82) is 0 Å². The molecule has 0 rings (SSSR count). The van der Waals surface area contributed by atoms with E-state index in [2.05, 4.69) is 32.1 Å². The minimum absolute atomic E-state index is 0.536. The Morgan fingerprint density at radius 2 is 1.52 bits per heavy atom. The molecule has 0 heterocycles. The van der Waals surface area contributed by atoms with E-state index in [1.165, 1.54) is 32.8 Å². The molecule has 0 aromatic carbocycles. The molecule has 0 spiro atoms. The number of methoxy groups -OCH3 is 1. The molecule has 0 saturated carbocycles. The predicted octanol–water partition coefficient (Wildman–Crippen LogP) is 4.98. The second-order valence-electron chi connectivity index (χ2n) is 5.84. The average Bonchev–Trinajstić information content (AvgIpc) is 2.43. The molecule has 0 radical (unpaired) electrons. The molecule has 0 bridgehead atoms. The molecule has 3 heteroatoms. The van der Waals surface area contributed by atoms with Gasteiger partial charge in [0.1, 0.15) is 0 Å². The number of carbonyl (C=O) groups is 1. The van der Waals surface area contributed by atoms with Crippen molar-refractivity contribution >= 4 is 5.97 Å². The number of hydrogen-bond acceptors (Lipinski definition) is 2. The minimum Gasteiger partial charge on any atom is -0.479 e. The van der Waals surface area contributed by atoms with E-state index in [0.717, 1.165) is 25.2 Å². The van der Waals surface area contributed by atoms with E-state index in [1.807, 2.05) is 6.08 Å². The molecule has 0 fully saturated rings. The Balaban J connectivity index is 3.45. The lowest BCUT2D eigenvalue weighted by molar-refractivity contribution is -0.148. The van der Waals surface area contributed by atoms with Crippen LogP contribution in [0.1, 0.15) is 65.2 Å². The zero-order valence-corrected chi connectivity index (χ0v) is 13.9. The van der Waals surface area contributed by atoms with Gasteiger partial charge in [0, 0.05) is 7.11 Å². The van der Waals surface area contributed by atoms with Gasteiger partial charge in [-0.05, 0) is 44.4 Å². The van der Waals surface area contributed by atoms with Crippen molar-refractivity contribution in [1.82, 2.24) is 0 Å². The highest BCUT2D eigenvalue weighted by atomic mass is 16.5. The topological polar surface area (TPSA) is 46.5 Å². The lowest BCUT2D eigenvalue weighted by Gasteiger charge is -2.07. The first-order chi connectivity index (χ1) is 10.1. The van der Waals surface area contributed by atoms with Gasteiger partial charge in [0.25, 0.3) is 0 Å². The second kappa shape index (κ2) is 13.9. The first-order valence-electron chi connectivity index (χ1n) is 8.13. The van der Waals surface area contributed by atoms with Crippen molar-refractivity contribution in [3.8, 4) is 0 Å². The molecule has 0 aliphatic rings. The van der Waals surface area contributed by atoms with Gasteiger partial charge in [-0.15, -0.1) is 0 Å². The maximum atomic E-state index is 10.7. The van der Waals surface area contributed by atoms with Crippen LogP contribution in [0.25, 0.3) is 0 Å². The SMILES string of the molecule is COC(CC/C=C\CC/C=C\CCCCC(C)C)C(=O)O. The Bertz CT molecular complexity index is 306. The molecule has 1 atom stereocenters. The van der Waals surface area contributed by atoms with E-state index in [0.29, 0.717) is 6.42 Å². The van der Waals surface area contributed by atoms with Gasteiger partial charge in [-0.1, -0.05) is 51.0 Å². The van der Waals surface area contributed by atoms with Crippen LogP contribution in [0.2, 0.25) is 0 Å². The Labute approximate surface area is 130 Å². The number of ether oxygens (including phenoxy) is 1. The fourth-order valence-corrected chi connectivity index (χ4v) is 2.07. The van der Waals surface area contributed by atoms with Gasteiger partial charge in [0.05, 0.1) is 0 Å². The number of unbranched alkanes of at least 4 members (excludes halogenated alkanes) is 3. The number of allylic oxidation sites excluding steroid dienone is 4. The maximum absolute atomic E-state index is 10.7. The number of carboxylic acids is 1. The highest BCUT2D eigenvalue weighted by Crippen LogP contribution is 2.09. The second-order valence-corrected chi connectivity index (χ2v) is 5.84. The fourth-order valence-electron chi connectivity index (χ4n) is 2.07. The number of rotatable bonds is 13. The monoisotopic (exact) mass is 296 g/mol. The van der Waals surface area contributed by atoms with Crippen LogP contribution >= 0.6 is 0 Å². The average molecular weight is 296 g/mol. The fraction of sp³-hybridized carbons (Fsp3) is 0.722. The Morgan fingerprint density at radius 3 is 2.05 bits per heavy atom. The molecule has 1 N–H and O–H groups in total. The maximum Gasteiger partial charge on any atom is 0.332 e. The van der Waals surface area contributed by atoms with Crippen molar-refractivity contribution in [3.05, 3.63) is 24.3 Å². The minimum atomic E-state index is -0.883. The zero-order valence-electron chi connectivity index (χ0n) is 13.9. The van der Waals surface area contributed by atoms with Gasteiger partial charge in [0.15, 0.2) is 6.10 Å². The van der Waals surface area contributed by atoms with Crippen molar-refractivity contribution in [2.45, 2.75) is 71.3 Å². The van der Waals surface area contributed by atoms with Gasteiger partial charge >= 0.3 is 5.97 Å². The summed E-state index contributed by atoms with van der Waals surface area (Å²) in [6.45, 7) is 4.54. The van der Waals surface area contributed by atoms with Crippen molar-refractivity contribution in [2.75, 3.05) is 7.11 Å². The summed E-state index contributed by atoms with van der Waals surface area (Å²) in [7, 11) is 1.44. The van der Waals surface area contributed by atoms with Crippen LogP contribution in [0.4, 0.5) is 0 Å². The Kier molecular flexibility index (Phi) is 13.2. The molecule has 0 amide bonds. The molecule has 122 valence electrons. The Morgan fingerprint density at radius 1 is 0.952 bits per heavy atom. The summed E-state index contributed by atoms with van der Waals surface area (Å²) < 4.78 is 4.87. The largest absolute Gasteiger partial charge is 0.479 e. The molecule has 0 saturated heterocycles. The first kappa shape index (κ1) is 19.9. The molecule has 21 heavy (non-hydrogen) atoms. The van der Waals surface area contributed by atoms with Crippen molar-refractivity contribution in [2.24, 2.45) is 5.92 Å². The summed E-state index contributed by atoms with van der Waals surface area (Å²) in [4.78, 5) is 10.7. The van der Waals surface area contributed by atoms with E-state index in [-0.39, 0.29) is 0 Å². The normalized spacial score (nSPS) is 13.5. The first-order valence-corrected chi connectivity index (χ1v) is 8.13. The predicted molar refractivity (Wildman–Crippen MR) is 88.5 cm³/mol. The summed E-state index contributed by atoms with van der Waals surface area (Å²) in [5.41, 5.74) is 0. The Hall–Kier alpha value is -1.09. The van der Waals surface area contributed by atoms with Crippen LogP contribution in [-0.4, -0.2) is 24.3 Å². The van der Waals surface area contributed by atoms with E-state index in [9.17, 15) is 4.79 Å². The molecular formula is C18H32O3. The van der Waals surface area contributed by atoms with Crippen molar-refractivity contribution in [3.63, 3.8) is 0 Å². The third kappa shape index (κ3) is 13.6. The summed E-state index contributed by atoms with van der Waals surface area (Å²) in [6, 6.07) is 0. The van der Waals surface area contributed by atoms with Gasteiger partial charge in [-0.2, -0.15) is 0 Å². The van der Waals surface area contributed by atoms with Crippen LogP contribution in [0.3, 0.4) is 0 Å². The van der Waals surface area contributed by atoms with Gasteiger partial charge < -0.3 is 9.84 Å². The smallest absolute Gasteiger partial charge is 0.332 e. The van der Waals surface area contributed by atoms with E-state index in [4.69, 9.17) is 9.84 Å². The lowest BCUT2D eigenvalue weighted by Crippen LogP contribution is -2.21. The van der Waals surface area contributed by atoms with Gasteiger partial charge in [0.2, 0.25) is 0 Å². The van der Waals surface area contributed by atoms with E-state index in [1.54, 1.807) is 0 Å². The van der Waals surface area contributed by atoms with E-state index >= 15 is 0 Å². The zero-order chi connectivity index (χ0) is 15.9. The summed E-state index contributed by atoms with van der Waals surface area (Å²) in [5.74, 6) is -0.0655. The highest BCUT2D eigenvalue weighted by molar-refractivity contribution is 5.72. The van der Waals surface area contributed by atoms with Gasteiger partial charge in [-0.25, -0.2) is 4.79 Å². The van der Waals surface area contributed by atoms with Crippen LogP contribution in [0, 0.1) is 5.92 Å². The molecule has 0 aromatic rings. The number of aliphatic carboxylic acids is 1. The van der Waals surface area contributed by atoms with Gasteiger partial charge in [-0.3, -0.25) is 0 Å². The quantitative estimate of drug-likeness (QED) is 0.385. The molecular weight excluding hydrogens is 264 g/mol. The molecule has 0 aromatic heterocycles. The third-order valence-electron chi connectivity index (χ3n) is 3.39. The summed E-state index contributed by atoms with van der Waals surface area (Å²) in [5, 5.41) is 8.81. The summed E-state index contributed by atoms with van der Waals surface area (Å²) in [6.07, 6.45) is 16.5. The molecule has 0 aliphatic heterocycles. The highest BCUT2D eigenvalue weighted by Gasteiger charge is 2.14. The number of carboxylic acid groups (broad SMARTS) is 1. The third-order valence-corrected chi connectivity index (χ3v) is 3.39. The van der Waals surface area contributed by atoms with Crippen LogP contribution in [0.15, 0.2) is 24.3 Å². The molecule has 0 aliphatic carbocycles. The van der Waals surface area contributed by atoms with Crippen molar-refractivity contribution < 1.29 is 14.6 Å². The lowest BCUT2D eigenvalue weighted by atomic mass is 10.1. The van der Waals surface area contributed by atoms with Crippen LogP contribution in [-0.2, 0) is 9.53 Å².